The maximum Gasteiger partial charge on any atom is 0.164 e. The zero-order valence-electron chi connectivity index (χ0n) is 11.1. The van der Waals surface area contributed by atoms with Gasteiger partial charge in [0.25, 0.3) is 0 Å². The molecular weight excluding hydrogens is 339 g/mol. The molecule has 0 saturated carbocycles. The standard InChI is InChI=1S/C14H23IN2O/c1-12(11-17-7-3-2-4-8-17)9-16-10-13-5-6-14(15)18-13/h5-6,12,16H,2-4,7-11H2,1H3. The number of hydrogen-bond donors (Lipinski definition) is 1. The highest BCUT2D eigenvalue weighted by atomic mass is 127. The highest BCUT2D eigenvalue weighted by Gasteiger charge is 2.13. The number of rotatable bonds is 6. The third kappa shape index (κ3) is 4.90. The van der Waals surface area contributed by atoms with Gasteiger partial charge in [-0.2, -0.15) is 0 Å². The van der Waals surface area contributed by atoms with Gasteiger partial charge in [-0.05, 0) is 73.1 Å². The highest BCUT2D eigenvalue weighted by Crippen LogP contribution is 2.11. The van der Waals surface area contributed by atoms with Crippen LogP contribution in [0.25, 0.3) is 0 Å². The number of furan rings is 1. The normalized spacial score (nSPS) is 19.0. The molecule has 1 aliphatic heterocycles. The summed E-state index contributed by atoms with van der Waals surface area (Å²) in [7, 11) is 0. The fourth-order valence-electron chi connectivity index (χ4n) is 2.54. The lowest BCUT2D eigenvalue weighted by atomic mass is 10.1. The zero-order valence-corrected chi connectivity index (χ0v) is 13.3. The Morgan fingerprint density at radius 3 is 2.78 bits per heavy atom. The van der Waals surface area contributed by atoms with E-state index in [1.54, 1.807) is 0 Å². The first kappa shape index (κ1) is 14.3. The van der Waals surface area contributed by atoms with E-state index >= 15 is 0 Å². The molecule has 1 fully saturated rings. The molecule has 2 heterocycles. The summed E-state index contributed by atoms with van der Waals surface area (Å²) in [5, 5.41) is 3.48. The second-order valence-electron chi connectivity index (χ2n) is 5.30. The first-order valence-electron chi connectivity index (χ1n) is 6.91. The van der Waals surface area contributed by atoms with Gasteiger partial charge in [0.15, 0.2) is 3.77 Å². The van der Waals surface area contributed by atoms with Crippen LogP contribution in [0.15, 0.2) is 16.5 Å². The molecule has 102 valence electrons. The summed E-state index contributed by atoms with van der Waals surface area (Å²) in [6.45, 7) is 8.04. The molecule has 1 aliphatic rings. The van der Waals surface area contributed by atoms with Gasteiger partial charge >= 0.3 is 0 Å². The Morgan fingerprint density at radius 2 is 2.11 bits per heavy atom. The summed E-state index contributed by atoms with van der Waals surface area (Å²) < 4.78 is 6.49. The quantitative estimate of drug-likeness (QED) is 0.789. The molecule has 18 heavy (non-hydrogen) atoms. The van der Waals surface area contributed by atoms with E-state index in [0.717, 1.165) is 22.6 Å². The van der Waals surface area contributed by atoms with Crippen molar-refractivity contribution in [3.63, 3.8) is 0 Å². The van der Waals surface area contributed by atoms with Crippen molar-refractivity contribution in [1.29, 1.82) is 0 Å². The molecule has 1 aromatic heterocycles. The van der Waals surface area contributed by atoms with Gasteiger partial charge < -0.3 is 14.6 Å². The lowest BCUT2D eigenvalue weighted by molar-refractivity contribution is 0.198. The summed E-state index contributed by atoms with van der Waals surface area (Å²) in [5.41, 5.74) is 0. The van der Waals surface area contributed by atoms with E-state index in [2.05, 4.69) is 39.7 Å². The minimum atomic E-state index is 0.706. The van der Waals surface area contributed by atoms with Crippen LogP contribution in [-0.2, 0) is 6.54 Å². The van der Waals surface area contributed by atoms with Crippen molar-refractivity contribution >= 4 is 22.6 Å². The van der Waals surface area contributed by atoms with E-state index in [-0.39, 0.29) is 0 Å². The topological polar surface area (TPSA) is 28.4 Å². The van der Waals surface area contributed by atoms with Crippen molar-refractivity contribution in [2.45, 2.75) is 32.7 Å². The van der Waals surface area contributed by atoms with Crippen molar-refractivity contribution in [2.75, 3.05) is 26.2 Å². The average Bonchev–Trinajstić information content (AvgIpc) is 2.76. The molecule has 0 aromatic carbocycles. The number of likely N-dealkylation sites (tertiary alicyclic amines) is 1. The third-order valence-electron chi connectivity index (χ3n) is 3.44. The number of nitrogens with zero attached hydrogens (tertiary/aromatic N) is 1. The van der Waals surface area contributed by atoms with Crippen LogP contribution < -0.4 is 5.32 Å². The van der Waals surface area contributed by atoms with E-state index in [9.17, 15) is 0 Å². The Labute approximate surface area is 123 Å². The van der Waals surface area contributed by atoms with Gasteiger partial charge in [-0.3, -0.25) is 0 Å². The van der Waals surface area contributed by atoms with Crippen LogP contribution in [0.1, 0.15) is 31.9 Å². The first-order valence-corrected chi connectivity index (χ1v) is 7.99. The molecule has 0 bridgehead atoms. The predicted octanol–water partition coefficient (Wildman–Crippen LogP) is 3.10. The van der Waals surface area contributed by atoms with E-state index in [1.807, 2.05) is 12.1 Å². The monoisotopic (exact) mass is 362 g/mol. The molecule has 1 N–H and O–H groups in total. The molecule has 0 spiro atoms. The Bertz CT molecular complexity index is 347. The Balaban J connectivity index is 1.60. The Kier molecular flexibility index (Phi) is 5.98. The summed E-state index contributed by atoms with van der Waals surface area (Å²) in [6.07, 6.45) is 4.18. The largest absolute Gasteiger partial charge is 0.454 e. The molecule has 1 aromatic rings. The fraction of sp³-hybridized carbons (Fsp3) is 0.714. The molecule has 1 unspecified atom stereocenters. The van der Waals surface area contributed by atoms with E-state index in [0.29, 0.717) is 5.92 Å². The minimum absolute atomic E-state index is 0.706. The van der Waals surface area contributed by atoms with Crippen LogP contribution in [0.5, 0.6) is 0 Å². The van der Waals surface area contributed by atoms with E-state index < -0.39 is 0 Å². The number of piperidine rings is 1. The van der Waals surface area contributed by atoms with Gasteiger partial charge in [0.05, 0.1) is 6.54 Å². The van der Waals surface area contributed by atoms with Crippen molar-refractivity contribution in [1.82, 2.24) is 10.2 Å². The SMILES string of the molecule is CC(CNCc1ccc(I)o1)CN1CCCCC1. The smallest absolute Gasteiger partial charge is 0.164 e. The van der Waals surface area contributed by atoms with Crippen molar-refractivity contribution in [3.8, 4) is 0 Å². The molecule has 3 nitrogen and oxygen atoms in total. The average molecular weight is 362 g/mol. The molecule has 2 rings (SSSR count). The van der Waals surface area contributed by atoms with Crippen LogP contribution in [0.2, 0.25) is 0 Å². The van der Waals surface area contributed by atoms with Crippen LogP contribution in [0.4, 0.5) is 0 Å². The van der Waals surface area contributed by atoms with Gasteiger partial charge in [-0.1, -0.05) is 13.3 Å². The second kappa shape index (κ2) is 7.50. The molecule has 0 amide bonds. The number of halogens is 1. The molecule has 1 atom stereocenters. The second-order valence-corrected chi connectivity index (χ2v) is 6.37. The summed E-state index contributed by atoms with van der Waals surface area (Å²) in [5.74, 6) is 1.74. The predicted molar refractivity (Wildman–Crippen MR) is 82.6 cm³/mol. The molecular formula is C14H23IN2O. The summed E-state index contributed by atoms with van der Waals surface area (Å²) in [6, 6.07) is 4.05. The molecule has 0 radical (unpaired) electrons. The molecule has 0 aliphatic carbocycles. The van der Waals surface area contributed by atoms with Crippen molar-refractivity contribution in [3.05, 3.63) is 21.7 Å². The van der Waals surface area contributed by atoms with Gasteiger partial charge in [0.1, 0.15) is 5.76 Å². The van der Waals surface area contributed by atoms with Crippen LogP contribution in [-0.4, -0.2) is 31.1 Å². The molecule has 4 heteroatoms. The maximum absolute atomic E-state index is 5.53. The van der Waals surface area contributed by atoms with Gasteiger partial charge in [0, 0.05) is 6.54 Å². The molecule has 1 saturated heterocycles. The van der Waals surface area contributed by atoms with Crippen molar-refractivity contribution in [2.24, 2.45) is 5.92 Å². The summed E-state index contributed by atoms with van der Waals surface area (Å²) >= 11 is 2.20. The lowest BCUT2D eigenvalue weighted by Crippen LogP contribution is -2.36. The van der Waals surface area contributed by atoms with Crippen LogP contribution in [0.3, 0.4) is 0 Å². The van der Waals surface area contributed by atoms with E-state index in [4.69, 9.17) is 4.42 Å². The third-order valence-corrected chi connectivity index (χ3v) is 4.02. The highest BCUT2D eigenvalue weighted by molar-refractivity contribution is 14.1. The van der Waals surface area contributed by atoms with E-state index in [1.165, 1.54) is 38.9 Å². The van der Waals surface area contributed by atoms with Crippen LogP contribution in [0, 0.1) is 9.68 Å². The maximum atomic E-state index is 5.53. The zero-order chi connectivity index (χ0) is 12.8. The van der Waals surface area contributed by atoms with Gasteiger partial charge in [-0.25, -0.2) is 0 Å². The summed E-state index contributed by atoms with van der Waals surface area (Å²) in [4.78, 5) is 2.60. The Hall–Kier alpha value is -0.0700. The van der Waals surface area contributed by atoms with Gasteiger partial charge in [0.2, 0.25) is 0 Å². The fourth-order valence-corrected chi connectivity index (χ4v) is 3.00. The van der Waals surface area contributed by atoms with Crippen molar-refractivity contribution < 1.29 is 4.42 Å². The lowest BCUT2D eigenvalue weighted by Gasteiger charge is -2.29. The Morgan fingerprint density at radius 1 is 1.33 bits per heavy atom. The first-order chi connectivity index (χ1) is 8.74. The number of nitrogens with one attached hydrogen (secondary N) is 1. The van der Waals surface area contributed by atoms with Crippen LogP contribution >= 0.6 is 22.6 Å². The van der Waals surface area contributed by atoms with Gasteiger partial charge in [-0.15, -0.1) is 0 Å². The minimum Gasteiger partial charge on any atom is -0.454 e. The number of hydrogen-bond acceptors (Lipinski definition) is 3.